The molecule has 0 unspecified atom stereocenters. The third kappa shape index (κ3) is 4.06. The predicted molar refractivity (Wildman–Crippen MR) is 103 cm³/mol. The zero-order chi connectivity index (χ0) is 19.0. The van der Waals surface area contributed by atoms with Crippen LogP contribution in [0.15, 0.2) is 35.2 Å². The molecule has 1 aliphatic heterocycles. The van der Waals surface area contributed by atoms with E-state index >= 15 is 0 Å². The fraction of sp³-hybridized carbons (Fsp3) is 0.474. The normalized spacial score (nSPS) is 18.6. The van der Waals surface area contributed by atoms with Crippen molar-refractivity contribution in [3.8, 4) is 0 Å². The summed E-state index contributed by atoms with van der Waals surface area (Å²) < 4.78 is 28.1. The molecule has 4 rings (SSSR count). The van der Waals surface area contributed by atoms with Crippen molar-refractivity contribution in [2.24, 2.45) is 0 Å². The first-order valence-corrected chi connectivity index (χ1v) is 10.8. The Morgan fingerprint density at radius 2 is 1.93 bits per heavy atom. The number of carbonyl (C=O) groups excluding carboxylic acids is 1. The molecule has 144 valence electrons. The first-order valence-electron chi connectivity index (χ1n) is 9.36. The van der Waals surface area contributed by atoms with E-state index in [1.807, 2.05) is 0 Å². The van der Waals surface area contributed by atoms with Crippen LogP contribution in [-0.2, 0) is 10.0 Å². The highest BCUT2D eigenvalue weighted by Gasteiger charge is 2.28. The van der Waals surface area contributed by atoms with E-state index in [-0.39, 0.29) is 16.7 Å². The molecule has 2 fully saturated rings. The average molecular weight is 388 g/mol. The molecule has 0 radical (unpaired) electrons. The van der Waals surface area contributed by atoms with Gasteiger partial charge in [-0.3, -0.25) is 9.89 Å². The molecule has 1 aromatic heterocycles. The van der Waals surface area contributed by atoms with Gasteiger partial charge in [0.2, 0.25) is 10.0 Å². The van der Waals surface area contributed by atoms with Gasteiger partial charge in [0, 0.05) is 42.4 Å². The molecule has 7 nitrogen and oxygen atoms in total. The molecule has 2 aliphatic rings. The monoisotopic (exact) mass is 388 g/mol. The average Bonchev–Trinajstić information content (AvgIpc) is 3.39. The molecular weight excluding hydrogens is 364 g/mol. The fourth-order valence-corrected chi connectivity index (χ4v) is 4.84. The van der Waals surface area contributed by atoms with E-state index in [4.69, 9.17) is 0 Å². The molecule has 0 spiro atoms. The molecule has 0 atom stereocenters. The number of aromatic amines is 1. The van der Waals surface area contributed by atoms with Gasteiger partial charge in [-0.1, -0.05) is 12.1 Å². The van der Waals surface area contributed by atoms with Crippen molar-refractivity contribution in [3.05, 3.63) is 41.6 Å². The Labute approximate surface area is 159 Å². The summed E-state index contributed by atoms with van der Waals surface area (Å²) in [5, 5.41) is 7.52. The zero-order valence-corrected chi connectivity index (χ0v) is 16.1. The van der Waals surface area contributed by atoms with Crippen LogP contribution in [0.5, 0.6) is 0 Å². The van der Waals surface area contributed by atoms with Crippen LogP contribution in [0.25, 0.3) is 0 Å². The van der Waals surface area contributed by atoms with Crippen molar-refractivity contribution in [1.82, 2.24) is 14.9 Å². The molecule has 1 aromatic carbocycles. The molecule has 1 saturated carbocycles. The molecule has 2 heterocycles. The molecule has 1 aliphatic carbocycles. The maximum atomic E-state index is 12.7. The number of Topliss-reactive ketones (excluding diaryl/α,β-unsaturated/α-hetero) is 1. The maximum absolute atomic E-state index is 12.7. The molecule has 0 bridgehead atoms. The number of ketones is 1. The van der Waals surface area contributed by atoms with Crippen molar-refractivity contribution in [3.63, 3.8) is 0 Å². The lowest BCUT2D eigenvalue weighted by molar-refractivity contribution is 0.101. The van der Waals surface area contributed by atoms with E-state index in [2.05, 4.69) is 25.9 Å². The van der Waals surface area contributed by atoms with Gasteiger partial charge in [0.25, 0.3) is 0 Å². The molecular formula is C19H24N4O3S. The number of hydrogen-bond donors (Lipinski definition) is 2. The first kappa shape index (κ1) is 18.2. The number of aromatic nitrogens is 2. The maximum Gasteiger partial charge on any atom is 0.240 e. The standard InChI is InChI=1S/C19H24N4O3S/c1-13(24)15-3-2-4-17(11-15)27(25,26)22-16-7-9-23(10-8-16)19-12-18(20-21-19)14-5-6-14/h2-4,11-12,14,16,22H,5-10H2,1H3,(H,20,21). The van der Waals surface area contributed by atoms with Gasteiger partial charge in [0.1, 0.15) is 0 Å². The summed E-state index contributed by atoms with van der Waals surface area (Å²) in [7, 11) is -3.64. The molecule has 8 heteroatoms. The minimum Gasteiger partial charge on any atom is -0.355 e. The van der Waals surface area contributed by atoms with Crippen LogP contribution >= 0.6 is 0 Å². The van der Waals surface area contributed by atoms with Crippen molar-refractivity contribution in [2.75, 3.05) is 18.0 Å². The van der Waals surface area contributed by atoms with Crippen molar-refractivity contribution >= 4 is 21.6 Å². The SMILES string of the molecule is CC(=O)c1cccc(S(=O)(=O)NC2CCN(c3cc(C4CC4)[nH]n3)CC2)c1. The third-order valence-corrected chi connectivity index (χ3v) is 6.81. The molecule has 0 amide bonds. The lowest BCUT2D eigenvalue weighted by Crippen LogP contribution is -2.44. The fourth-order valence-electron chi connectivity index (χ4n) is 3.49. The number of nitrogens with zero attached hydrogens (tertiary/aromatic N) is 2. The second-order valence-corrected chi connectivity index (χ2v) is 9.14. The van der Waals surface area contributed by atoms with Gasteiger partial charge in [-0.2, -0.15) is 5.10 Å². The highest BCUT2D eigenvalue weighted by atomic mass is 32.2. The minimum absolute atomic E-state index is 0.117. The van der Waals surface area contributed by atoms with E-state index in [1.54, 1.807) is 12.1 Å². The van der Waals surface area contributed by atoms with Crippen molar-refractivity contribution in [1.29, 1.82) is 0 Å². The second-order valence-electron chi connectivity index (χ2n) is 7.42. The number of H-pyrrole nitrogens is 1. The van der Waals surface area contributed by atoms with E-state index in [0.717, 1.165) is 31.7 Å². The second kappa shape index (κ2) is 7.09. The third-order valence-electron chi connectivity index (χ3n) is 5.29. The molecule has 2 N–H and O–H groups in total. The van der Waals surface area contributed by atoms with Gasteiger partial charge in [0.15, 0.2) is 11.6 Å². The number of benzene rings is 1. The smallest absolute Gasteiger partial charge is 0.240 e. The lowest BCUT2D eigenvalue weighted by atomic mass is 10.1. The van der Waals surface area contributed by atoms with E-state index < -0.39 is 10.0 Å². The molecule has 27 heavy (non-hydrogen) atoms. The number of sulfonamides is 1. The summed E-state index contributed by atoms with van der Waals surface area (Å²) in [4.78, 5) is 13.8. The van der Waals surface area contributed by atoms with E-state index in [9.17, 15) is 13.2 Å². The van der Waals surface area contributed by atoms with Gasteiger partial charge in [0.05, 0.1) is 4.90 Å². The summed E-state index contributed by atoms with van der Waals surface area (Å²) in [5.74, 6) is 1.44. The Morgan fingerprint density at radius 3 is 2.59 bits per heavy atom. The summed E-state index contributed by atoms with van der Waals surface area (Å²) >= 11 is 0. The highest BCUT2D eigenvalue weighted by Crippen LogP contribution is 2.40. The summed E-state index contributed by atoms with van der Waals surface area (Å²) in [6, 6.07) is 8.18. The summed E-state index contributed by atoms with van der Waals surface area (Å²) in [6.45, 7) is 2.95. The van der Waals surface area contributed by atoms with Gasteiger partial charge in [-0.15, -0.1) is 0 Å². The van der Waals surface area contributed by atoms with Crippen LogP contribution in [-0.4, -0.2) is 43.5 Å². The molecule has 2 aromatic rings. The minimum atomic E-state index is -3.64. The van der Waals surface area contributed by atoms with Gasteiger partial charge < -0.3 is 4.90 Å². The number of hydrogen-bond acceptors (Lipinski definition) is 5. The van der Waals surface area contributed by atoms with Crippen molar-refractivity contribution < 1.29 is 13.2 Å². The summed E-state index contributed by atoms with van der Waals surface area (Å²) in [5.41, 5.74) is 1.61. The topological polar surface area (TPSA) is 95.2 Å². The van der Waals surface area contributed by atoms with Crippen LogP contribution in [0.3, 0.4) is 0 Å². The van der Waals surface area contributed by atoms with Crippen LogP contribution < -0.4 is 9.62 Å². The Hall–Kier alpha value is -2.19. The lowest BCUT2D eigenvalue weighted by Gasteiger charge is -2.32. The zero-order valence-electron chi connectivity index (χ0n) is 15.3. The number of rotatable bonds is 6. The quantitative estimate of drug-likeness (QED) is 0.741. The number of anilines is 1. The first-order chi connectivity index (χ1) is 12.9. The Morgan fingerprint density at radius 1 is 1.19 bits per heavy atom. The van der Waals surface area contributed by atoms with Crippen molar-refractivity contribution in [2.45, 2.75) is 49.5 Å². The highest BCUT2D eigenvalue weighted by molar-refractivity contribution is 7.89. The number of carbonyl (C=O) groups is 1. The largest absolute Gasteiger partial charge is 0.355 e. The Bertz CT molecular complexity index is 941. The predicted octanol–water partition coefficient (Wildman–Crippen LogP) is 2.44. The van der Waals surface area contributed by atoms with Gasteiger partial charge in [-0.05, 0) is 44.7 Å². The van der Waals surface area contributed by atoms with E-state index in [0.29, 0.717) is 11.5 Å². The Balaban J connectivity index is 1.37. The van der Waals surface area contributed by atoms with E-state index in [1.165, 1.54) is 37.6 Å². The van der Waals surface area contributed by atoms with Crippen LogP contribution in [0.1, 0.15) is 54.6 Å². The van der Waals surface area contributed by atoms with Crippen LogP contribution in [0, 0.1) is 0 Å². The van der Waals surface area contributed by atoms with Gasteiger partial charge >= 0.3 is 0 Å². The number of piperidine rings is 1. The summed E-state index contributed by atoms with van der Waals surface area (Å²) in [6.07, 6.45) is 3.90. The number of nitrogens with one attached hydrogen (secondary N) is 2. The van der Waals surface area contributed by atoms with Crippen LogP contribution in [0.4, 0.5) is 5.82 Å². The Kier molecular flexibility index (Phi) is 4.77. The van der Waals surface area contributed by atoms with Gasteiger partial charge in [-0.25, -0.2) is 13.1 Å². The van der Waals surface area contributed by atoms with Crippen LogP contribution in [0.2, 0.25) is 0 Å². The molecule has 1 saturated heterocycles.